The molecule has 5 rings (SSSR count). The first-order valence-corrected chi connectivity index (χ1v) is 10.5. The number of para-hydroxylation sites is 2. The second-order valence-electron chi connectivity index (χ2n) is 7.70. The molecule has 6 nitrogen and oxygen atoms in total. The molecule has 0 saturated carbocycles. The minimum atomic E-state index is -0.368. The lowest BCUT2D eigenvalue weighted by atomic mass is 9.95. The number of allylic oxidation sites excluding steroid dienone is 1. The third-order valence-corrected chi connectivity index (χ3v) is 5.68. The van der Waals surface area contributed by atoms with E-state index in [-0.39, 0.29) is 12.0 Å². The summed E-state index contributed by atoms with van der Waals surface area (Å²) >= 11 is 0. The first-order chi connectivity index (χ1) is 15.7. The normalized spacial score (nSPS) is 15.2. The monoisotopic (exact) mass is 425 g/mol. The summed E-state index contributed by atoms with van der Waals surface area (Å²) < 4.78 is 13.1. The van der Waals surface area contributed by atoms with Crippen LogP contribution in [0.15, 0.2) is 90.1 Å². The summed E-state index contributed by atoms with van der Waals surface area (Å²) in [7, 11) is 1.40. The number of carbonyl (C=O) groups excluding carboxylic acids is 1. The van der Waals surface area contributed by atoms with Crippen molar-refractivity contribution in [2.45, 2.75) is 19.6 Å². The van der Waals surface area contributed by atoms with Crippen molar-refractivity contribution < 1.29 is 14.3 Å². The zero-order valence-corrected chi connectivity index (χ0v) is 17.9. The number of anilines is 1. The number of hydrogen-bond acceptors (Lipinski definition) is 5. The molecule has 0 unspecified atom stereocenters. The molecule has 0 aliphatic carbocycles. The van der Waals surface area contributed by atoms with Crippen molar-refractivity contribution in [3.05, 3.63) is 101 Å². The van der Waals surface area contributed by atoms with Gasteiger partial charge in [-0.1, -0.05) is 54.6 Å². The van der Waals surface area contributed by atoms with Gasteiger partial charge >= 0.3 is 5.97 Å². The lowest BCUT2D eigenvalue weighted by Crippen LogP contribution is -2.28. The number of aromatic nitrogens is 2. The maximum absolute atomic E-state index is 12.8. The summed E-state index contributed by atoms with van der Waals surface area (Å²) in [6.45, 7) is 2.37. The van der Waals surface area contributed by atoms with Gasteiger partial charge in [0.05, 0.1) is 29.8 Å². The Labute approximate surface area is 186 Å². The van der Waals surface area contributed by atoms with E-state index < -0.39 is 0 Å². The largest absolute Gasteiger partial charge is 0.489 e. The van der Waals surface area contributed by atoms with Crippen LogP contribution in [0.5, 0.6) is 5.75 Å². The van der Waals surface area contributed by atoms with E-state index in [1.807, 2.05) is 85.8 Å². The van der Waals surface area contributed by atoms with Crippen molar-refractivity contribution in [2.75, 3.05) is 12.4 Å². The molecule has 0 spiro atoms. The van der Waals surface area contributed by atoms with Crippen LogP contribution in [0.25, 0.3) is 11.0 Å². The molecule has 0 saturated heterocycles. The number of rotatable bonds is 5. The highest BCUT2D eigenvalue weighted by molar-refractivity contribution is 5.94. The number of methoxy groups -OCH3 is 1. The Morgan fingerprint density at radius 3 is 2.47 bits per heavy atom. The zero-order chi connectivity index (χ0) is 22.1. The van der Waals surface area contributed by atoms with Crippen LogP contribution in [0.3, 0.4) is 0 Å². The van der Waals surface area contributed by atoms with Crippen LogP contribution in [0.2, 0.25) is 0 Å². The predicted octanol–water partition coefficient (Wildman–Crippen LogP) is 5.08. The second kappa shape index (κ2) is 8.23. The fourth-order valence-corrected chi connectivity index (χ4v) is 4.14. The van der Waals surface area contributed by atoms with E-state index in [2.05, 4.69) is 9.88 Å². The summed E-state index contributed by atoms with van der Waals surface area (Å²) in [4.78, 5) is 17.5. The lowest BCUT2D eigenvalue weighted by Gasteiger charge is -2.30. The number of fused-ring (bicyclic) bond motifs is 3. The molecule has 0 amide bonds. The maximum Gasteiger partial charge on any atom is 0.337 e. The molecular weight excluding hydrogens is 402 g/mol. The second-order valence-corrected chi connectivity index (χ2v) is 7.70. The SMILES string of the molecule is COC(=O)C1=C(C)Nc2nc3ccccc3n2[C@H]1c1ccc(OCc2ccccc2)cc1. The van der Waals surface area contributed by atoms with Gasteiger partial charge in [-0.2, -0.15) is 0 Å². The topological polar surface area (TPSA) is 65.4 Å². The van der Waals surface area contributed by atoms with Gasteiger partial charge in [-0.05, 0) is 42.3 Å². The van der Waals surface area contributed by atoms with E-state index in [0.717, 1.165) is 33.6 Å². The highest BCUT2D eigenvalue weighted by atomic mass is 16.5. The minimum absolute atomic E-state index is 0.366. The minimum Gasteiger partial charge on any atom is -0.489 e. The standard InChI is InChI=1S/C26H23N3O3/c1-17-23(25(30)31-2)24(29-22-11-7-6-10-21(22)28-26(29)27-17)19-12-14-20(15-13-19)32-16-18-8-4-3-5-9-18/h3-15,24H,16H2,1-2H3,(H,27,28)/t24-/m0/s1. The van der Waals surface area contributed by atoms with Gasteiger partial charge in [-0.15, -0.1) is 0 Å². The number of nitrogens with one attached hydrogen (secondary N) is 1. The fourth-order valence-electron chi connectivity index (χ4n) is 4.14. The summed E-state index contributed by atoms with van der Waals surface area (Å²) in [5.74, 6) is 1.10. The Bertz CT molecular complexity index is 1310. The van der Waals surface area contributed by atoms with Gasteiger partial charge in [0, 0.05) is 5.70 Å². The average Bonchev–Trinajstić information content (AvgIpc) is 3.20. The average molecular weight is 425 g/mol. The Morgan fingerprint density at radius 1 is 1.00 bits per heavy atom. The Kier molecular flexibility index (Phi) is 5.11. The molecule has 6 heteroatoms. The molecule has 0 fully saturated rings. The summed E-state index contributed by atoms with van der Waals surface area (Å²) in [5, 5.41) is 3.27. The summed E-state index contributed by atoms with van der Waals surface area (Å²) in [6, 6.07) is 25.4. The van der Waals surface area contributed by atoms with Crippen LogP contribution in [0, 0.1) is 0 Å². The number of benzene rings is 3. The van der Waals surface area contributed by atoms with Gasteiger partial charge in [0.25, 0.3) is 0 Å². The molecule has 32 heavy (non-hydrogen) atoms. The van der Waals surface area contributed by atoms with Gasteiger partial charge in [-0.25, -0.2) is 9.78 Å². The number of imidazole rings is 1. The fraction of sp³-hybridized carbons (Fsp3) is 0.154. The van der Waals surface area contributed by atoms with Gasteiger partial charge in [-0.3, -0.25) is 4.57 Å². The summed E-state index contributed by atoms with van der Waals surface area (Å²) in [5.41, 5.74) is 5.15. The molecule has 0 bridgehead atoms. The number of hydrogen-bond donors (Lipinski definition) is 1. The quantitative estimate of drug-likeness (QED) is 0.452. The van der Waals surface area contributed by atoms with Gasteiger partial charge < -0.3 is 14.8 Å². The molecule has 1 aliphatic heterocycles. The number of carbonyl (C=O) groups is 1. The third-order valence-electron chi connectivity index (χ3n) is 5.68. The zero-order valence-electron chi connectivity index (χ0n) is 17.9. The molecule has 1 N–H and O–H groups in total. The molecular formula is C26H23N3O3. The van der Waals surface area contributed by atoms with Crippen LogP contribution in [-0.2, 0) is 16.1 Å². The summed E-state index contributed by atoms with van der Waals surface area (Å²) in [6.07, 6.45) is 0. The predicted molar refractivity (Wildman–Crippen MR) is 123 cm³/mol. The third kappa shape index (κ3) is 3.50. The van der Waals surface area contributed by atoms with Crippen LogP contribution >= 0.6 is 0 Å². The van der Waals surface area contributed by atoms with Crippen molar-refractivity contribution in [3.8, 4) is 5.75 Å². The molecule has 160 valence electrons. The number of nitrogens with zero attached hydrogens (tertiary/aromatic N) is 2. The van der Waals surface area contributed by atoms with E-state index in [4.69, 9.17) is 14.5 Å². The maximum atomic E-state index is 12.8. The van der Waals surface area contributed by atoms with Crippen LogP contribution in [-0.4, -0.2) is 22.6 Å². The molecule has 0 radical (unpaired) electrons. The van der Waals surface area contributed by atoms with E-state index in [1.54, 1.807) is 0 Å². The van der Waals surface area contributed by atoms with E-state index in [0.29, 0.717) is 18.1 Å². The molecule has 1 atom stereocenters. The van der Waals surface area contributed by atoms with Gasteiger partial charge in [0.2, 0.25) is 5.95 Å². The molecule has 4 aromatic rings. The first-order valence-electron chi connectivity index (χ1n) is 10.5. The van der Waals surface area contributed by atoms with Crippen LogP contribution in [0.4, 0.5) is 5.95 Å². The van der Waals surface area contributed by atoms with E-state index in [1.165, 1.54) is 7.11 Å². The van der Waals surface area contributed by atoms with Crippen LogP contribution in [0.1, 0.15) is 24.1 Å². The molecule has 1 aliphatic rings. The highest BCUT2D eigenvalue weighted by Gasteiger charge is 2.34. The molecule has 2 heterocycles. The van der Waals surface area contributed by atoms with Crippen molar-refractivity contribution in [3.63, 3.8) is 0 Å². The molecule has 3 aromatic carbocycles. The van der Waals surface area contributed by atoms with E-state index in [9.17, 15) is 4.79 Å². The van der Waals surface area contributed by atoms with Crippen molar-refractivity contribution in [1.82, 2.24) is 9.55 Å². The highest BCUT2D eigenvalue weighted by Crippen LogP contribution is 2.39. The van der Waals surface area contributed by atoms with Crippen molar-refractivity contribution >= 4 is 23.0 Å². The van der Waals surface area contributed by atoms with Gasteiger partial charge in [0.15, 0.2) is 0 Å². The smallest absolute Gasteiger partial charge is 0.337 e. The Balaban J connectivity index is 1.53. The number of esters is 1. The van der Waals surface area contributed by atoms with Crippen LogP contribution < -0.4 is 10.1 Å². The first kappa shape index (κ1) is 19.9. The molecule has 1 aromatic heterocycles. The van der Waals surface area contributed by atoms with E-state index >= 15 is 0 Å². The Morgan fingerprint density at radius 2 is 1.72 bits per heavy atom. The lowest BCUT2D eigenvalue weighted by molar-refractivity contribution is -0.136. The van der Waals surface area contributed by atoms with Crippen molar-refractivity contribution in [1.29, 1.82) is 0 Å². The van der Waals surface area contributed by atoms with Crippen molar-refractivity contribution in [2.24, 2.45) is 0 Å². The Hall–Kier alpha value is -4.06. The number of ether oxygens (including phenoxy) is 2. The van der Waals surface area contributed by atoms with Gasteiger partial charge in [0.1, 0.15) is 12.4 Å².